The van der Waals surface area contributed by atoms with Gasteiger partial charge < -0.3 is 15.0 Å². The van der Waals surface area contributed by atoms with E-state index >= 15 is 0 Å². The van der Waals surface area contributed by atoms with Crippen molar-refractivity contribution in [3.8, 4) is 0 Å². The van der Waals surface area contributed by atoms with Gasteiger partial charge >= 0.3 is 0 Å². The fourth-order valence-corrected chi connectivity index (χ4v) is 1.50. The molecule has 0 aromatic rings. The van der Waals surface area contributed by atoms with Crippen molar-refractivity contribution in [3.63, 3.8) is 0 Å². The summed E-state index contributed by atoms with van der Waals surface area (Å²) in [6.07, 6.45) is 4.38. The first-order chi connectivity index (χ1) is 7.18. The Morgan fingerprint density at radius 2 is 2.07 bits per heavy atom. The average molecular weight is 214 g/mol. The van der Waals surface area contributed by atoms with Crippen molar-refractivity contribution in [2.75, 3.05) is 33.3 Å². The van der Waals surface area contributed by atoms with E-state index in [1.165, 1.54) is 32.4 Å². The maximum absolute atomic E-state index is 5.51. The molecule has 0 aliphatic heterocycles. The molecule has 0 unspecified atom stereocenters. The predicted molar refractivity (Wildman–Crippen MR) is 64.2 cm³/mol. The third-order valence-corrected chi connectivity index (χ3v) is 2.65. The molecule has 0 atom stereocenters. The zero-order valence-corrected chi connectivity index (χ0v) is 10.5. The van der Waals surface area contributed by atoms with Crippen LogP contribution in [0.4, 0.5) is 0 Å². The van der Waals surface area contributed by atoms with Gasteiger partial charge in [-0.3, -0.25) is 0 Å². The molecule has 0 aromatic carbocycles. The second kappa shape index (κ2) is 7.20. The van der Waals surface area contributed by atoms with Crippen molar-refractivity contribution in [3.05, 3.63) is 0 Å². The SMILES string of the molecule is CC(C)OCCN(C)CCCNC1CC1. The van der Waals surface area contributed by atoms with Crippen LogP contribution < -0.4 is 5.32 Å². The Labute approximate surface area is 94.2 Å². The molecule has 3 nitrogen and oxygen atoms in total. The third-order valence-electron chi connectivity index (χ3n) is 2.65. The number of hydrogen-bond acceptors (Lipinski definition) is 3. The van der Waals surface area contributed by atoms with Gasteiger partial charge in [0, 0.05) is 12.6 Å². The normalized spacial score (nSPS) is 16.6. The first kappa shape index (κ1) is 12.9. The molecule has 1 aliphatic carbocycles. The number of likely N-dealkylation sites (N-methyl/N-ethyl adjacent to an activating group) is 1. The Bertz CT molecular complexity index is 158. The fraction of sp³-hybridized carbons (Fsp3) is 1.00. The Hall–Kier alpha value is -0.120. The summed E-state index contributed by atoms with van der Waals surface area (Å²) >= 11 is 0. The molecular weight excluding hydrogens is 188 g/mol. The van der Waals surface area contributed by atoms with Gasteiger partial charge in [-0.15, -0.1) is 0 Å². The van der Waals surface area contributed by atoms with Crippen LogP contribution >= 0.6 is 0 Å². The van der Waals surface area contributed by atoms with Crippen molar-refractivity contribution < 1.29 is 4.74 Å². The zero-order valence-electron chi connectivity index (χ0n) is 10.5. The lowest BCUT2D eigenvalue weighted by Gasteiger charge is -2.17. The first-order valence-corrected chi connectivity index (χ1v) is 6.22. The highest BCUT2D eigenvalue weighted by Gasteiger charge is 2.19. The van der Waals surface area contributed by atoms with Crippen LogP contribution in [0.1, 0.15) is 33.1 Å². The van der Waals surface area contributed by atoms with Crippen LogP contribution in [-0.2, 0) is 4.74 Å². The summed E-state index contributed by atoms with van der Waals surface area (Å²) in [6, 6.07) is 0.847. The highest BCUT2D eigenvalue weighted by atomic mass is 16.5. The standard InChI is InChI=1S/C12H26N2O/c1-11(2)15-10-9-14(3)8-4-7-13-12-5-6-12/h11-13H,4-10H2,1-3H3. The smallest absolute Gasteiger partial charge is 0.0596 e. The van der Waals surface area contributed by atoms with Crippen LogP contribution in [0, 0.1) is 0 Å². The van der Waals surface area contributed by atoms with Crippen LogP contribution in [0.5, 0.6) is 0 Å². The summed E-state index contributed by atoms with van der Waals surface area (Å²) in [4.78, 5) is 2.34. The summed E-state index contributed by atoms with van der Waals surface area (Å²) in [6.45, 7) is 8.40. The van der Waals surface area contributed by atoms with E-state index in [2.05, 4.69) is 31.1 Å². The van der Waals surface area contributed by atoms with Gasteiger partial charge in [-0.05, 0) is 53.2 Å². The molecule has 1 fully saturated rings. The molecule has 1 aliphatic rings. The van der Waals surface area contributed by atoms with Gasteiger partial charge in [-0.1, -0.05) is 0 Å². The topological polar surface area (TPSA) is 24.5 Å². The molecule has 0 heterocycles. The Balaban J connectivity index is 1.81. The lowest BCUT2D eigenvalue weighted by Crippen LogP contribution is -2.28. The molecule has 0 spiro atoms. The van der Waals surface area contributed by atoms with E-state index in [0.29, 0.717) is 6.10 Å². The highest BCUT2D eigenvalue weighted by molar-refractivity contribution is 4.80. The van der Waals surface area contributed by atoms with Gasteiger partial charge in [0.15, 0.2) is 0 Å². The van der Waals surface area contributed by atoms with Crippen molar-refractivity contribution in [1.29, 1.82) is 0 Å². The molecule has 1 saturated carbocycles. The molecular formula is C12H26N2O. The average Bonchev–Trinajstić information content (AvgIpc) is 2.95. The maximum Gasteiger partial charge on any atom is 0.0596 e. The highest BCUT2D eigenvalue weighted by Crippen LogP contribution is 2.18. The van der Waals surface area contributed by atoms with Crippen molar-refractivity contribution in [1.82, 2.24) is 10.2 Å². The molecule has 3 heteroatoms. The van der Waals surface area contributed by atoms with E-state index in [1.807, 2.05) is 0 Å². The van der Waals surface area contributed by atoms with Crippen molar-refractivity contribution >= 4 is 0 Å². The molecule has 1 N–H and O–H groups in total. The van der Waals surface area contributed by atoms with Gasteiger partial charge in [0.2, 0.25) is 0 Å². The van der Waals surface area contributed by atoms with Crippen molar-refractivity contribution in [2.24, 2.45) is 0 Å². The minimum Gasteiger partial charge on any atom is -0.377 e. The number of ether oxygens (including phenoxy) is 1. The lowest BCUT2D eigenvalue weighted by atomic mass is 10.4. The summed E-state index contributed by atoms with van der Waals surface area (Å²) in [5.74, 6) is 0. The summed E-state index contributed by atoms with van der Waals surface area (Å²) in [5, 5.41) is 3.53. The van der Waals surface area contributed by atoms with E-state index < -0.39 is 0 Å². The third kappa shape index (κ3) is 7.77. The maximum atomic E-state index is 5.51. The van der Waals surface area contributed by atoms with Crippen LogP contribution in [0.25, 0.3) is 0 Å². The lowest BCUT2D eigenvalue weighted by molar-refractivity contribution is 0.0637. The Morgan fingerprint density at radius 1 is 1.33 bits per heavy atom. The molecule has 15 heavy (non-hydrogen) atoms. The Morgan fingerprint density at radius 3 is 2.67 bits per heavy atom. The number of rotatable bonds is 9. The number of nitrogens with zero attached hydrogens (tertiary/aromatic N) is 1. The Kier molecular flexibility index (Phi) is 6.22. The van der Waals surface area contributed by atoms with Crippen LogP contribution in [-0.4, -0.2) is 50.3 Å². The van der Waals surface area contributed by atoms with E-state index in [1.54, 1.807) is 0 Å². The minimum atomic E-state index is 0.356. The molecule has 90 valence electrons. The van der Waals surface area contributed by atoms with Crippen LogP contribution in [0.3, 0.4) is 0 Å². The van der Waals surface area contributed by atoms with E-state index in [0.717, 1.165) is 19.2 Å². The number of nitrogens with one attached hydrogen (secondary N) is 1. The first-order valence-electron chi connectivity index (χ1n) is 6.22. The van der Waals surface area contributed by atoms with Crippen LogP contribution in [0.15, 0.2) is 0 Å². The zero-order chi connectivity index (χ0) is 11.1. The second-order valence-electron chi connectivity index (χ2n) is 4.80. The van der Waals surface area contributed by atoms with Gasteiger partial charge in [0.25, 0.3) is 0 Å². The van der Waals surface area contributed by atoms with E-state index in [9.17, 15) is 0 Å². The molecule has 0 aromatic heterocycles. The minimum absolute atomic E-state index is 0.356. The van der Waals surface area contributed by atoms with Gasteiger partial charge in [0.1, 0.15) is 0 Å². The molecule has 0 radical (unpaired) electrons. The summed E-state index contributed by atoms with van der Waals surface area (Å²) in [7, 11) is 2.17. The largest absolute Gasteiger partial charge is 0.377 e. The van der Waals surface area contributed by atoms with Gasteiger partial charge in [-0.2, -0.15) is 0 Å². The number of hydrogen-bond donors (Lipinski definition) is 1. The van der Waals surface area contributed by atoms with Gasteiger partial charge in [0.05, 0.1) is 12.7 Å². The molecule has 0 amide bonds. The molecule has 1 rings (SSSR count). The quantitative estimate of drug-likeness (QED) is 0.589. The van der Waals surface area contributed by atoms with E-state index in [-0.39, 0.29) is 0 Å². The molecule has 0 saturated heterocycles. The van der Waals surface area contributed by atoms with E-state index in [4.69, 9.17) is 4.74 Å². The monoisotopic (exact) mass is 214 g/mol. The van der Waals surface area contributed by atoms with Crippen molar-refractivity contribution in [2.45, 2.75) is 45.3 Å². The second-order valence-corrected chi connectivity index (χ2v) is 4.80. The predicted octanol–water partition coefficient (Wildman–Crippen LogP) is 1.49. The molecule has 0 bridgehead atoms. The summed E-state index contributed by atoms with van der Waals surface area (Å²) < 4.78 is 5.51. The van der Waals surface area contributed by atoms with Crippen LogP contribution in [0.2, 0.25) is 0 Å². The fourth-order valence-electron chi connectivity index (χ4n) is 1.50. The summed E-state index contributed by atoms with van der Waals surface area (Å²) in [5.41, 5.74) is 0. The van der Waals surface area contributed by atoms with Gasteiger partial charge in [-0.25, -0.2) is 0 Å².